The van der Waals surface area contributed by atoms with Crippen LogP contribution >= 0.6 is 0 Å². The maximum absolute atomic E-state index is 11.7. The van der Waals surface area contributed by atoms with Gasteiger partial charge in [0.05, 0.1) is 32.3 Å². The van der Waals surface area contributed by atoms with Crippen LogP contribution in [0.1, 0.15) is 11.3 Å². The summed E-state index contributed by atoms with van der Waals surface area (Å²) in [6, 6.07) is 12.7. The molecule has 7 nitrogen and oxygen atoms in total. The van der Waals surface area contributed by atoms with Gasteiger partial charge in [0.1, 0.15) is 5.76 Å². The van der Waals surface area contributed by atoms with E-state index in [0.29, 0.717) is 5.76 Å². The second-order valence-electron chi connectivity index (χ2n) is 5.07. The molecule has 7 heteroatoms. The minimum Gasteiger partial charge on any atom is -0.467 e. The summed E-state index contributed by atoms with van der Waals surface area (Å²) in [5, 5.41) is 7.55. The van der Waals surface area contributed by atoms with Gasteiger partial charge in [-0.15, -0.1) is 0 Å². The van der Waals surface area contributed by atoms with Crippen LogP contribution in [0.3, 0.4) is 0 Å². The number of furan rings is 1. The zero-order valence-electron chi connectivity index (χ0n) is 13.1. The SMILES string of the molecule is O=C(CNC(=O)Cc1ccccc1)NCC(=O)NCc1ccco1. The second-order valence-corrected chi connectivity index (χ2v) is 5.07. The maximum atomic E-state index is 11.7. The standard InChI is InChI=1S/C17H19N3O4/c21-15(9-13-5-2-1-3-6-13)19-11-17(23)20-12-16(22)18-10-14-7-4-8-24-14/h1-8H,9-12H2,(H,18,22)(H,19,21)(H,20,23). The molecule has 0 atom stereocenters. The van der Waals surface area contributed by atoms with E-state index < -0.39 is 5.91 Å². The largest absolute Gasteiger partial charge is 0.467 e. The molecular formula is C17H19N3O4. The normalized spacial score (nSPS) is 10.0. The van der Waals surface area contributed by atoms with Crippen LogP contribution in [0.15, 0.2) is 53.1 Å². The summed E-state index contributed by atoms with van der Waals surface area (Å²) in [5.74, 6) is -0.388. The van der Waals surface area contributed by atoms with Crippen LogP contribution in [-0.4, -0.2) is 30.8 Å². The third kappa shape index (κ3) is 6.35. The fraction of sp³-hybridized carbons (Fsp3) is 0.235. The summed E-state index contributed by atoms with van der Waals surface area (Å²) in [6.07, 6.45) is 1.72. The third-order valence-corrected chi connectivity index (χ3v) is 3.14. The molecule has 0 bridgehead atoms. The fourth-order valence-electron chi connectivity index (χ4n) is 1.93. The highest BCUT2D eigenvalue weighted by molar-refractivity contribution is 5.88. The van der Waals surface area contributed by atoms with Gasteiger partial charge in [-0.1, -0.05) is 30.3 Å². The van der Waals surface area contributed by atoms with Crippen molar-refractivity contribution in [1.82, 2.24) is 16.0 Å². The lowest BCUT2D eigenvalue weighted by Crippen LogP contribution is -2.42. The molecule has 1 aromatic heterocycles. The molecule has 0 saturated carbocycles. The molecule has 3 N–H and O–H groups in total. The van der Waals surface area contributed by atoms with Crippen molar-refractivity contribution in [3.63, 3.8) is 0 Å². The lowest BCUT2D eigenvalue weighted by Gasteiger charge is -2.07. The van der Waals surface area contributed by atoms with Gasteiger partial charge in [-0.25, -0.2) is 0 Å². The summed E-state index contributed by atoms with van der Waals surface area (Å²) in [6.45, 7) is -0.0687. The van der Waals surface area contributed by atoms with E-state index in [-0.39, 0.29) is 37.9 Å². The van der Waals surface area contributed by atoms with Crippen molar-refractivity contribution >= 4 is 17.7 Å². The van der Waals surface area contributed by atoms with E-state index in [2.05, 4.69) is 16.0 Å². The van der Waals surface area contributed by atoms with E-state index in [1.54, 1.807) is 12.1 Å². The van der Waals surface area contributed by atoms with Gasteiger partial charge in [0.25, 0.3) is 0 Å². The van der Waals surface area contributed by atoms with Gasteiger partial charge in [-0.2, -0.15) is 0 Å². The summed E-state index contributed by atoms with van der Waals surface area (Å²) in [7, 11) is 0. The van der Waals surface area contributed by atoms with Crippen molar-refractivity contribution in [2.75, 3.05) is 13.1 Å². The molecule has 126 valence electrons. The minimum atomic E-state index is -0.426. The second kappa shape index (κ2) is 9.14. The number of benzene rings is 1. The molecule has 0 aliphatic carbocycles. The van der Waals surface area contributed by atoms with Crippen LogP contribution in [0.25, 0.3) is 0 Å². The first kappa shape index (κ1) is 17.3. The molecule has 0 aliphatic rings. The molecule has 0 spiro atoms. The smallest absolute Gasteiger partial charge is 0.239 e. The Morgan fingerprint density at radius 3 is 2.12 bits per heavy atom. The predicted octanol–water partition coefficient (Wildman–Crippen LogP) is 0.371. The van der Waals surface area contributed by atoms with Crippen LogP contribution in [0.5, 0.6) is 0 Å². The molecule has 2 aromatic rings. The Balaban J connectivity index is 1.59. The topological polar surface area (TPSA) is 100 Å². The van der Waals surface area contributed by atoms with Crippen LogP contribution in [0.2, 0.25) is 0 Å². The van der Waals surface area contributed by atoms with E-state index in [4.69, 9.17) is 4.42 Å². The van der Waals surface area contributed by atoms with Gasteiger partial charge in [-0.05, 0) is 17.7 Å². The first-order valence-electron chi connectivity index (χ1n) is 7.50. The third-order valence-electron chi connectivity index (χ3n) is 3.14. The van der Waals surface area contributed by atoms with E-state index in [1.807, 2.05) is 30.3 Å². The summed E-state index contributed by atoms with van der Waals surface area (Å²) < 4.78 is 5.07. The number of rotatable bonds is 8. The Morgan fingerprint density at radius 1 is 0.792 bits per heavy atom. The molecule has 1 heterocycles. The van der Waals surface area contributed by atoms with Crippen molar-refractivity contribution in [2.45, 2.75) is 13.0 Å². The highest BCUT2D eigenvalue weighted by atomic mass is 16.3. The van der Waals surface area contributed by atoms with Crippen molar-refractivity contribution in [3.8, 4) is 0 Å². The van der Waals surface area contributed by atoms with Gasteiger partial charge in [0, 0.05) is 0 Å². The molecule has 24 heavy (non-hydrogen) atoms. The average molecular weight is 329 g/mol. The number of hydrogen-bond donors (Lipinski definition) is 3. The Labute approximate surface area is 139 Å². The number of hydrogen-bond acceptors (Lipinski definition) is 4. The average Bonchev–Trinajstić information content (AvgIpc) is 3.10. The first-order valence-corrected chi connectivity index (χ1v) is 7.50. The van der Waals surface area contributed by atoms with Crippen molar-refractivity contribution in [1.29, 1.82) is 0 Å². The van der Waals surface area contributed by atoms with Gasteiger partial charge in [0.2, 0.25) is 17.7 Å². The van der Waals surface area contributed by atoms with E-state index >= 15 is 0 Å². The van der Waals surface area contributed by atoms with Gasteiger partial charge in [-0.3, -0.25) is 14.4 Å². The predicted molar refractivity (Wildman–Crippen MR) is 86.7 cm³/mol. The fourth-order valence-corrected chi connectivity index (χ4v) is 1.93. The van der Waals surface area contributed by atoms with Crippen molar-refractivity contribution < 1.29 is 18.8 Å². The lowest BCUT2D eigenvalue weighted by atomic mass is 10.1. The monoisotopic (exact) mass is 329 g/mol. The molecule has 2 rings (SSSR count). The van der Waals surface area contributed by atoms with E-state index in [9.17, 15) is 14.4 Å². The summed E-state index contributed by atoms with van der Waals surface area (Å²) >= 11 is 0. The Morgan fingerprint density at radius 2 is 1.46 bits per heavy atom. The first-order chi connectivity index (χ1) is 11.6. The van der Waals surface area contributed by atoms with Crippen LogP contribution in [0, 0.1) is 0 Å². The van der Waals surface area contributed by atoms with Gasteiger partial charge >= 0.3 is 0 Å². The Bertz CT molecular complexity index is 668. The number of nitrogens with one attached hydrogen (secondary N) is 3. The summed E-state index contributed by atoms with van der Waals surface area (Å²) in [5.41, 5.74) is 0.868. The van der Waals surface area contributed by atoms with Crippen molar-refractivity contribution in [2.24, 2.45) is 0 Å². The highest BCUT2D eigenvalue weighted by Crippen LogP contribution is 1.99. The van der Waals surface area contributed by atoms with E-state index in [0.717, 1.165) is 5.56 Å². The Hall–Kier alpha value is -3.09. The van der Waals surface area contributed by atoms with E-state index in [1.165, 1.54) is 6.26 Å². The molecule has 0 unspecified atom stereocenters. The van der Waals surface area contributed by atoms with Crippen molar-refractivity contribution in [3.05, 3.63) is 60.1 Å². The van der Waals surface area contributed by atoms with Crippen LogP contribution in [0.4, 0.5) is 0 Å². The molecule has 1 aromatic carbocycles. The summed E-state index contributed by atoms with van der Waals surface area (Å²) in [4.78, 5) is 34.9. The maximum Gasteiger partial charge on any atom is 0.239 e. The molecule has 0 saturated heterocycles. The van der Waals surface area contributed by atoms with Gasteiger partial charge in [0.15, 0.2) is 0 Å². The molecule has 0 fully saturated rings. The van der Waals surface area contributed by atoms with Crippen LogP contribution < -0.4 is 16.0 Å². The lowest BCUT2D eigenvalue weighted by molar-refractivity contribution is -0.127. The number of amides is 3. The molecule has 0 radical (unpaired) electrons. The number of carbonyl (C=O) groups excluding carboxylic acids is 3. The number of carbonyl (C=O) groups is 3. The van der Waals surface area contributed by atoms with Crippen LogP contribution in [-0.2, 0) is 27.3 Å². The molecule has 0 aliphatic heterocycles. The Kier molecular flexibility index (Phi) is 6.58. The zero-order valence-corrected chi connectivity index (χ0v) is 13.1. The molecule has 3 amide bonds. The molecular weight excluding hydrogens is 310 g/mol. The minimum absolute atomic E-state index is 0.159. The zero-order chi connectivity index (χ0) is 17.2. The quantitative estimate of drug-likeness (QED) is 0.651. The van der Waals surface area contributed by atoms with Gasteiger partial charge < -0.3 is 20.4 Å². The highest BCUT2D eigenvalue weighted by Gasteiger charge is 2.08.